The summed E-state index contributed by atoms with van der Waals surface area (Å²) >= 11 is -0.117. The van der Waals surface area contributed by atoms with Crippen molar-refractivity contribution in [3.8, 4) is 0 Å². The summed E-state index contributed by atoms with van der Waals surface area (Å²) in [6.45, 7) is 0. The van der Waals surface area contributed by atoms with Crippen LogP contribution in [0.3, 0.4) is 0 Å². The summed E-state index contributed by atoms with van der Waals surface area (Å²) in [5.41, 5.74) is 0. The van der Waals surface area contributed by atoms with E-state index in [-0.39, 0.29) is 21.2 Å². The number of hydrogen-bond donors (Lipinski definition) is 0. The molecule has 0 unspecified atom stereocenters. The first-order chi connectivity index (χ1) is 2.41. The molecular weight excluding hydrogens is 295 g/mol. The second-order valence-electron chi connectivity index (χ2n) is 0.492. The quantitative estimate of drug-likeness (QED) is 0.704. The van der Waals surface area contributed by atoms with E-state index in [0.29, 0.717) is 0 Å². The zero-order valence-corrected chi connectivity index (χ0v) is 8.84. The van der Waals surface area contributed by atoms with Gasteiger partial charge in [0.25, 0.3) is 0 Å². The van der Waals surface area contributed by atoms with E-state index in [9.17, 15) is 0 Å². The fourth-order valence-electron chi connectivity index (χ4n) is 0.0833. The van der Waals surface area contributed by atoms with Gasteiger partial charge in [-0.3, -0.25) is 0 Å². The maximum absolute atomic E-state index is 2.19. The van der Waals surface area contributed by atoms with Gasteiger partial charge in [0.15, 0.2) is 0 Å². The van der Waals surface area contributed by atoms with Crippen molar-refractivity contribution in [1.82, 2.24) is 0 Å². The maximum atomic E-state index is 2.19. The zero-order valence-electron chi connectivity index (χ0n) is 3.32. The van der Waals surface area contributed by atoms with Crippen LogP contribution in [0.5, 0.6) is 0 Å². The van der Waals surface area contributed by atoms with E-state index >= 15 is 0 Å². The van der Waals surface area contributed by atoms with Crippen LogP contribution >= 0.6 is 16.6 Å². The molecule has 0 aliphatic rings. The van der Waals surface area contributed by atoms with Crippen LogP contribution < -0.4 is 0 Å². The molecule has 0 aliphatic heterocycles. The molecule has 3 heteroatoms. The van der Waals surface area contributed by atoms with Crippen LogP contribution in [0.15, 0.2) is 0 Å². The van der Waals surface area contributed by atoms with Gasteiger partial charge >= 0.3 is 50.4 Å². The molecule has 0 saturated carbocycles. The van der Waals surface area contributed by atoms with E-state index in [4.69, 9.17) is 0 Å². The Morgan fingerprint density at radius 1 is 1.20 bits per heavy atom. The fraction of sp³-hybridized carbons (Fsp3) is 1.00. The average molecular weight is 301 g/mol. The molecule has 0 aromatic carbocycles. The van der Waals surface area contributed by atoms with Crippen LogP contribution in [0.2, 0.25) is 0 Å². The first kappa shape index (κ1) is 6.62. The van der Waals surface area contributed by atoms with Crippen LogP contribution in [0.1, 0.15) is 0 Å². The molecule has 0 bridgehead atoms. The summed E-state index contributed by atoms with van der Waals surface area (Å²) in [5.74, 6) is 0. The zero-order chi connectivity index (χ0) is 4.12. The second-order valence-corrected chi connectivity index (χ2v) is 17.3. The van der Waals surface area contributed by atoms with Crippen molar-refractivity contribution in [3.63, 3.8) is 0 Å². The molecule has 28 valence electrons. The number of rotatable bonds is 2. The van der Waals surface area contributed by atoms with Crippen LogP contribution in [0.25, 0.3) is 0 Å². The molecule has 0 radical (unpaired) electrons. The summed E-state index contributed by atoms with van der Waals surface area (Å²) in [4.78, 5) is 0. The molecule has 0 heterocycles. The van der Waals surface area contributed by atoms with Crippen LogP contribution in [0.4, 0.5) is 0 Å². The number of hydrogen-bond acceptors (Lipinski definition) is 2. The van der Waals surface area contributed by atoms with E-state index in [1.165, 1.54) is 0 Å². The Kier molecular flexibility index (Phi) is 7.45. The summed E-state index contributed by atoms with van der Waals surface area (Å²) in [5, 5.41) is 0. The normalized spacial score (nSPS) is 6.80. The van der Waals surface area contributed by atoms with Gasteiger partial charge in [0, 0.05) is 0 Å². The minimum absolute atomic E-state index is 0.117. The van der Waals surface area contributed by atoms with Crippen molar-refractivity contribution in [2.75, 3.05) is 12.5 Å². The van der Waals surface area contributed by atoms with Gasteiger partial charge in [-0.25, -0.2) is 0 Å². The summed E-state index contributed by atoms with van der Waals surface area (Å²) < 4.78 is 0. The predicted octanol–water partition coefficient (Wildman–Crippen LogP) is 1.25. The SMILES string of the molecule is C[S][Pb+2][S]C. The molecule has 5 heavy (non-hydrogen) atoms. The van der Waals surface area contributed by atoms with E-state index in [1.807, 2.05) is 0 Å². The Bertz CT molecular complexity index is 15.1. The fourth-order valence-corrected chi connectivity index (χ4v) is 6.58. The average Bonchev–Trinajstić information content (AvgIpc) is 1.41. The molecule has 0 aromatic rings. The van der Waals surface area contributed by atoms with Gasteiger partial charge in [-0.2, -0.15) is 0 Å². The van der Waals surface area contributed by atoms with Gasteiger partial charge in [-0.1, -0.05) is 0 Å². The molecule has 0 N–H and O–H groups in total. The molecule has 0 fully saturated rings. The Morgan fingerprint density at radius 3 is 1.60 bits per heavy atom. The molecule has 0 saturated heterocycles. The summed E-state index contributed by atoms with van der Waals surface area (Å²) in [6.07, 6.45) is 4.39. The van der Waals surface area contributed by atoms with E-state index in [1.54, 1.807) is 0 Å². The van der Waals surface area contributed by atoms with E-state index < -0.39 is 0 Å². The minimum atomic E-state index is -0.117. The predicted molar refractivity (Wildman–Crippen MR) is 32.8 cm³/mol. The Labute approximate surface area is 50.0 Å². The topological polar surface area (TPSA) is 0 Å². The van der Waals surface area contributed by atoms with Crippen LogP contribution in [-0.4, -0.2) is 33.7 Å². The van der Waals surface area contributed by atoms with Gasteiger partial charge in [-0.05, 0) is 0 Å². The van der Waals surface area contributed by atoms with Crippen molar-refractivity contribution >= 4 is 37.9 Å². The van der Waals surface area contributed by atoms with Crippen molar-refractivity contribution in [2.24, 2.45) is 0 Å². The standard InChI is InChI=1S/2CH4S.Pb/c2*1-2;/h2*2H,1H3;/q;;+4/p-2. The van der Waals surface area contributed by atoms with Gasteiger partial charge in [-0.15, -0.1) is 0 Å². The first-order valence-corrected chi connectivity index (χ1v) is 13.2. The monoisotopic (exact) mass is 302 g/mol. The molecule has 0 nitrogen and oxygen atoms in total. The van der Waals surface area contributed by atoms with Crippen molar-refractivity contribution in [1.29, 1.82) is 0 Å². The van der Waals surface area contributed by atoms with E-state index in [0.717, 1.165) is 0 Å². The van der Waals surface area contributed by atoms with Crippen molar-refractivity contribution < 1.29 is 0 Å². The first-order valence-electron chi connectivity index (χ1n) is 1.22. The Morgan fingerprint density at radius 2 is 1.60 bits per heavy atom. The van der Waals surface area contributed by atoms with Gasteiger partial charge in [0.2, 0.25) is 0 Å². The van der Waals surface area contributed by atoms with E-state index in [2.05, 4.69) is 29.1 Å². The van der Waals surface area contributed by atoms with Gasteiger partial charge in [0.05, 0.1) is 0 Å². The second kappa shape index (κ2) is 5.62. The molecule has 0 aromatic heterocycles. The third-order valence-electron chi connectivity index (χ3n) is 0.167. The summed E-state index contributed by atoms with van der Waals surface area (Å²) in [7, 11) is 4.12. The molecule has 0 amide bonds. The van der Waals surface area contributed by atoms with Crippen LogP contribution in [0, 0.1) is 0 Å². The Hall–Kier alpha value is 1.62. The molecule has 0 atom stereocenters. The van der Waals surface area contributed by atoms with Crippen molar-refractivity contribution in [2.45, 2.75) is 0 Å². The molecule has 0 spiro atoms. The Balaban J connectivity index is 2.19. The third-order valence-corrected chi connectivity index (χ3v) is 13.2. The summed E-state index contributed by atoms with van der Waals surface area (Å²) in [6, 6.07) is 0. The molecule has 0 rings (SSSR count). The third kappa shape index (κ3) is 5.62. The van der Waals surface area contributed by atoms with Crippen LogP contribution in [-0.2, 0) is 0 Å². The van der Waals surface area contributed by atoms with Crippen molar-refractivity contribution in [3.05, 3.63) is 0 Å². The van der Waals surface area contributed by atoms with Gasteiger partial charge in [0.1, 0.15) is 0 Å². The molecule has 0 aliphatic carbocycles. The van der Waals surface area contributed by atoms with Gasteiger partial charge < -0.3 is 0 Å². The molecular formula is C2H6PbS2+2.